The zero-order valence-corrected chi connectivity index (χ0v) is 12.5. The van der Waals surface area contributed by atoms with Gasteiger partial charge in [0.2, 0.25) is 5.91 Å². The summed E-state index contributed by atoms with van der Waals surface area (Å²) in [6.07, 6.45) is 2.03. The molecule has 3 amide bonds. The standard InChI is InChI=1S/C14H18ClN3O3/c1-2-21-12-6-5-10(7-11(12)15)18-14(20)16-8-13(19)17-9-3-4-9/h5-7,9H,2-4,8H2,1H3,(H,17,19)(H2,16,18,20). The lowest BCUT2D eigenvalue weighted by Crippen LogP contribution is -2.39. The number of amides is 3. The van der Waals surface area contributed by atoms with Crippen LogP contribution in [0.3, 0.4) is 0 Å². The van der Waals surface area contributed by atoms with E-state index in [0.717, 1.165) is 12.8 Å². The lowest BCUT2D eigenvalue weighted by atomic mass is 10.3. The zero-order chi connectivity index (χ0) is 15.2. The molecule has 1 saturated carbocycles. The van der Waals surface area contributed by atoms with E-state index in [1.165, 1.54) is 0 Å². The second-order valence-corrected chi connectivity index (χ2v) is 5.13. The average Bonchev–Trinajstić information content (AvgIpc) is 3.24. The van der Waals surface area contributed by atoms with Crippen LogP contribution in [0.4, 0.5) is 10.5 Å². The second-order valence-electron chi connectivity index (χ2n) is 4.73. The molecular weight excluding hydrogens is 294 g/mol. The van der Waals surface area contributed by atoms with Gasteiger partial charge >= 0.3 is 6.03 Å². The largest absolute Gasteiger partial charge is 0.492 e. The molecule has 0 aromatic heterocycles. The Hall–Kier alpha value is -1.95. The van der Waals surface area contributed by atoms with Crippen LogP contribution in [0.15, 0.2) is 18.2 Å². The van der Waals surface area contributed by atoms with Crippen LogP contribution in [0.2, 0.25) is 5.02 Å². The fraction of sp³-hybridized carbons (Fsp3) is 0.429. The van der Waals surface area contributed by atoms with Crippen molar-refractivity contribution in [3.8, 4) is 5.75 Å². The van der Waals surface area contributed by atoms with Gasteiger partial charge in [0.05, 0.1) is 18.2 Å². The highest BCUT2D eigenvalue weighted by molar-refractivity contribution is 6.32. The number of benzene rings is 1. The molecule has 6 nitrogen and oxygen atoms in total. The molecule has 114 valence electrons. The van der Waals surface area contributed by atoms with Crippen molar-refractivity contribution < 1.29 is 14.3 Å². The van der Waals surface area contributed by atoms with Gasteiger partial charge < -0.3 is 20.7 Å². The van der Waals surface area contributed by atoms with E-state index < -0.39 is 6.03 Å². The van der Waals surface area contributed by atoms with Gasteiger partial charge in [-0.3, -0.25) is 4.79 Å². The molecule has 1 aromatic carbocycles. The maximum atomic E-state index is 11.7. The molecule has 3 N–H and O–H groups in total. The first-order chi connectivity index (χ1) is 10.1. The number of hydrogen-bond donors (Lipinski definition) is 3. The summed E-state index contributed by atoms with van der Waals surface area (Å²) < 4.78 is 5.31. The van der Waals surface area contributed by atoms with Crippen molar-refractivity contribution in [3.05, 3.63) is 23.2 Å². The quantitative estimate of drug-likeness (QED) is 0.753. The van der Waals surface area contributed by atoms with Gasteiger partial charge in [-0.15, -0.1) is 0 Å². The van der Waals surface area contributed by atoms with E-state index in [1.807, 2.05) is 6.92 Å². The van der Waals surface area contributed by atoms with Gasteiger partial charge in [-0.1, -0.05) is 11.6 Å². The number of anilines is 1. The molecule has 0 spiro atoms. The van der Waals surface area contributed by atoms with Gasteiger partial charge in [-0.2, -0.15) is 0 Å². The van der Waals surface area contributed by atoms with Gasteiger partial charge in [0.15, 0.2) is 0 Å². The summed E-state index contributed by atoms with van der Waals surface area (Å²) in [6, 6.07) is 4.78. The van der Waals surface area contributed by atoms with E-state index in [0.29, 0.717) is 23.1 Å². The van der Waals surface area contributed by atoms with Gasteiger partial charge in [0, 0.05) is 11.7 Å². The lowest BCUT2D eigenvalue weighted by molar-refractivity contribution is -0.120. The van der Waals surface area contributed by atoms with Crippen LogP contribution in [0, 0.1) is 0 Å². The van der Waals surface area contributed by atoms with Crippen LogP contribution in [0.1, 0.15) is 19.8 Å². The van der Waals surface area contributed by atoms with Crippen LogP contribution in [-0.4, -0.2) is 31.1 Å². The van der Waals surface area contributed by atoms with Crippen molar-refractivity contribution in [1.82, 2.24) is 10.6 Å². The maximum Gasteiger partial charge on any atom is 0.319 e. The topological polar surface area (TPSA) is 79.5 Å². The molecule has 0 radical (unpaired) electrons. The van der Waals surface area contributed by atoms with E-state index >= 15 is 0 Å². The number of carbonyl (C=O) groups is 2. The number of halogens is 1. The monoisotopic (exact) mass is 311 g/mol. The molecule has 1 aliphatic rings. The normalized spacial score (nSPS) is 13.4. The third-order valence-corrected chi connectivity index (χ3v) is 3.14. The van der Waals surface area contributed by atoms with Crippen LogP contribution in [-0.2, 0) is 4.79 Å². The first kappa shape index (κ1) is 15.4. The Morgan fingerprint density at radius 3 is 2.76 bits per heavy atom. The first-order valence-electron chi connectivity index (χ1n) is 6.85. The zero-order valence-electron chi connectivity index (χ0n) is 11.7. The van der Waals surface area contributed by atoms with Crippen molar-refractivity contribution in [2.45, 2.75) is 25.8 Å². The van der Waals surface area contributed by atoms with E-state index in [2.05, 4.69) is 16.0 Å². The molecule has 21 heavy (non-hydrogen) atoms. The van der Waals surface area contributed by atoms with Gasteiger partial charge in [-0.25, -0.2) is 4.79 Å². The number of urea groups is 1. The van der Waals surface area contributed by atoms with Gasteiger partial charge in [0.25, 0.3) is 0 Å². The number of hydrogen-bond acceptors (Lipinski definition) is 3. The Morgan fingerprint density at radius 2 is 2.14 bits per heavy atom. The van der Waals surface area contributed by atoms with Crippen molar-refractivity contribution in [1.29, 1.82) is 0 Å². The minimum Gasteiger partial charge on any atom is -0.492 e. The Kier molecular flexibility index (Phi) is 5.27. The maximum absolute atomic E-state index is 11.7. The van der Waals surface area contributed by atoms with Crippen LogP contribution in [0.25, 0.3) is 0 Å². The van der Waals surface area contributed by atoms with Gasteiger partial charge in [-0.05, 0) is 38.0 Å². The Bertz CT molecular complexity index is 532. The van der Waals surface area contributed by atoms with E-state index in [1.54, 1.807) is 18.2 Å². The van der Waals surface area contributed by atoms with Crippen LogP contribution >= 0.6 is 11.6 Å². The first-order valence-corrected chi connectivity index (χ1v) is 7.23. The molecule has 1 fully saturated rings. The summed E-state index contributed by atoms with van der Waals surface area (Å²) in [5.41, 5.74) is 0.531. The molecule has 2 rings (SSSR count). The summed E-state index contributed by atoms with van der Waals surface area (Å²) in [5.74, 6) is 0.381. The van der Waals surface area contributed by atoms with Crippen molar-refractivity contribution in [2.75, 3.05) is 18.5 Å². The third kappa shape index (κ3) is 5.15. The average molecular weight is 312 g/mol. The molecule has 0 bridgehead atoms. The Morgan fingerprint density at radius 1 is 1.38 bits per heavy atom. The minimum absolute atomic E-state index is 0.0485. The van der Waals surface area contributed by atoms with E-state index in [9.17, 15) is 9.59 Å². The van der Waals surface area contributed by atoms with Crippen LogP contribution < -0.4 is 20.7 Å². The molecule has 1 aromatic rings. The summed E-state index contributed by atoms with van der Waals surface area (Å²) in [6.45, 7) is 2.33. The SMILES string of the molecule is CCOc1ccc(NC(=O)NCC(=O)NC2CC2)cc1Cl. The fourth-order valence-electron chi connectivity index (χ4n) is 1.69. The fourth-order valence-corrected chi connectivity index (χ4v) is 1.93. The number of nitrogens with one attached hydrogen (secondary N) is 3. The molecule has 0 saturated heterocycles. The summed E-state index contributed by atoms with van der Waals surface area (Å²) >= 11 is 6.02. The highest BCUT2D eigenvalue weighted by Crippen LogP contribution is 2.27. The Balaban J connectivity index is 1.78. The van der Waals surface area contributed by atoms with E-state index in [4.69, 9.17) is 16.3 Å². The number of carbonyl (C=O) groups excluding carboxylic acids is 2. The molecule has 7 heteroatoms. The summed E-state index contributed by atoms with van der Waals surface area (Å²) in [4.78, 5) is 23.1. The number of rotatable bonds is 6. The summed E-state index contributed by atoms with van der Waals surface area (Å²) in [5, 5.41) is 8.30. The third-order valence-electron chi connectivity index (χ3n) is 2.84. The molecule has 0 atom stereocenters. The van der Waals surface area contributed by atoms with Crippen molar-refractivity contribution >= 4 is 29.2 Å². The number of ether oxygens (including phenoxy) is 1. The molecule has 1 aliphatic carbocycles. The highest BCUT2D eigenvalue weighted by Gasteiger charge is 2.23. The Labute approximate surface area is 128 Å². The van der Waals surface area contributed by atoms with Crippen LogP contribution in [0.5, 0.6) is 5.75 Å². The lowest BCUT2D eigenvalue weighted by Gasteiger charge is -2.10. The highest BCUT2D eigenvalue weighted by atomic mass is 35.5. The molecule has 0 aliphatic heterocycles. The van der Waals surface area contributed by atoms with Crippen molar-refractivity contribution in [2.24, 2.45) is 0 Å². The predicted octanol–water partition coefficient (Wildman–Crippen LogP) is 2.14. The molecule has 0 unspecified atom stereocenters. The second kappa shape index (κ2) is 7.17. The molecule has 0 heterocycles. The molecular formula is C14H18ClN3O3. The van der Waals surface area contributed by atoms with Gasteiger partial charge in [0.1, 0.15) is 5.75 Å². The minimum atomic E-state index is -0.457. The van der Waals surface area contributed by atoms with E-state index in [-0.39, 0.29) is 18.5 Å². The smallest absolute Gasteiger partial charge is 0.319 e. The van der Waals surface area contributed by atoms with Crippen molar-refractivity contribution in [3.63, 3.8) is 0 Å². The summed E-state index contributed by atoms with van der Waals surface area (Å²) in [7, 11) is 0. The predicted molar refractivity (Wildman–Crippen MR) is 80.8 cm³/mol.